The summed E-state index contributed by atoms with van der Waals surface area (Å²) >= 11 is 3.51. The summed E-state index contributed by atoms with van der Waals surface area (Å²) in [5, 5.41) is 2.40. The summed E-state index contributed by atoms with van der Waals surface area (Å²) in [7, 11) is 0. The largest absolute Gasteiger partial charge is 0.309 e. The zero-order chi connectivity index (χ0) is 41.7. The van der Waals surface area contributed by atoms with Gasteiger partial charge < -0.3 is 4.57 Å². The van der Waals surface area contributed by atoms with Gasteiger partial charge in [-0.2, -0.15) is 0 Å². The van der Waals surface area contributed by atoms with Crippen molar-refractivity contribution in [1.29, 1.82) is 0 Å². The van der Waals surface area contributed by atoms with Crippen molar-refractivity contribution in [1.82, 2.24) is 34.5 Å². The lowest BCUT2D eigenvalue weighted by molar-refractivity contribution is 1.14. The molecule has 11 aromatic rings. The number of hydrogen-bond donors (Lipinski definition) is 0. The highest BCUT2D eigenvalue weighted by atomic mass is 79.9. The van der Waals surface area contributed by atoms with E-state index in [0.717, 1.165) is 66.7 Å². The van der Waals surface area contributed by atoms with E-state index in [1.165, 1.54) is 33.0 Å². The summed E-state index contributed by atoms with van der Waals surface area (Å²) in [6.45, 7) is 0. The highest BCUT2D eigenvalue weighted by molar-refractivity contribution is 9.10. The normalized spacial score (nSPS) is 11.0. The second kappa shape index (κ2) is 17.3. The number of rotatable bonds is 7. The van der Waals surface area contributed by atoms with Crippen LogP contribution in [0, 0.1) is 0 Å². The molecule has 4 aromatic carbocycles. The fraction of sp³-hybridized carbons (Fsp3) is 0. The van der Waals surface area contributed by atoms with Crippen LogP contribution < -0.4 is 0 Å². The molecule has 62 heavy (non-hydrogen) atoms. The maximum Gasteiger partial charge on any atom is 0.0915 e. The van der Waals surface area contributed by atoms with Crippen molar-refractivity contribution in [2.45, 2.75) is 0 Å². The molecule has 0 bridgehead atoms. The van der Waals surface area contributed by atoms with Crippen molar-refractivity contribution in [3.05, 3.63) is 223 Å². The molecule has 0 aliphatic rings. The Hall–Kier alpha value is -7.94. The summed E-state index contributed by atoms with van der Waals surface area (Å²) in [6.07, 6.45) is 7.14. The first-order chi connectivity index (χ1) is 30.6. The van der Waals surface area contributed by atoms with Crippen LogP contribution in [-0.2, 0) is 0 Å². The van der Waals surface area contributed by atoms with Gasteiger partial charge in [0.2, 0.25) is 0 Å². The van der Waals surface area contributed by atoms with Gasteiger partial charge in [0.25, 0.3) is 0 Å². The Labute approximate surface area is 367 Å². The molecule has 7 aromatic heterocycles. The monoisotopic (exact) mass is 861 g/mol. The fourth-order valence-electron chi connectivity index (χ4n) is 7.65. The van der Waals surface area contributed by atoms with Crippen LogP contribution in [0.2, 0.25) is 0 Å². The maximum absolute atomic E-state index is 5.01. The van der Waals surface area contributed by atoms with Crippen molar-refractivity contribution < 1.29 is 0 Å². The number of pyridine rings is 6. The molecule has 11 rings (SSSR count). The molecule has 7 nitrogen and oxygen atoms in total. The molecule has 0 N–H and O–H groups in total. The number of benzene rings is 4. The Bertz CT molecular complexity index is 3060. The Kier molecular flexibility index (Phi) is 10.7. The van der Waals surface area contributed by atoms with Crippen molar-refractivity contribution in [3.63, 3.8) is 0 Å². The van der Waals surface area contributed by atoms with Gasteiger partial charge in [-0.15, -0.1) is 0 Å². The topological polar surface area (TPSA) is 82.3 Å². The van der Waals surface area contributed by atoms with Gasteiger partial charge in [-0.25, -0.2) is 9.97 Å². The molecule has 0 aliphatic carbocycles. The van der Waals surface area contributed by atoms with Crippen LogP contribution in [0.3, 0.4) is 0 Å². The van der Waals surface area contributed by atoms with E-state index in [2.05, 4.69) is 155 Å². The van der Waals surface area contributed by atoms with Crippen LogP contribution in [0.15, 0.2) is 223 Å². The van der Waals surface area contributed by atoms with Crippen molar-refractivity contribution in [2.75, 3.05) is 0 Å². The molecule has 0 saturated heterocycles. The van der Waals surface area contributed by atoms with Crippen LogP contribution in [-0.4, -0.2) is 34.5 Å². The van der Waals surface area contributed by atoms with Crippen LogP contribution in [0.25, 0.3) is 95.3 Å². The zero-order valence-corrected chi connectivity index (χ0v) is 34.9. The van der Waals surface area contributed by atoms with Crippen LogP contribution >= 0.6 is 15.9 Å². The Morgan fingerprint density at radius 1 is 0.306 bits per heavy atom. The smallest absolute Gasteiger partial charge is 0.0915 e. The molecule has 8 heteroatoms. The van der Waals surface area contributed by atoms with E-state index in [9.17, 15) is 0 Å². The van der Waals surface area contributed by atoms with Crippen molar-refractivity contribution in [3.8, 4) is 73.5 Å². The molecule has 0 atom stereocenters. The van der Waals surface area contributed by atoms with Gasteiger partial charge in [-0.1, -0.05) is 113 Å². The molecular formula is C54H36BrN7. The predicted molar refractivity (Wildman–Crippen MR) is 254 cm³/mol. The lowest BCUT2D eigenvalue weighted by atomic mass is 10.0. The SMILES string of the molecule is Brc1cc(-c2ccccn2)nc(-c2ccccn2)c1.c1ccc(-c2ccc3c(c2)c2cc(-c4ccccc4)ccc2n3-c2cc(-c3ccccn3)nc(-c3ccccn3)c2)cc1. The fourth-order valence-corrected chi connectivity index (χ4v) is 8.08. The summed E-state index contributed by atoms with van der Waals surface area (Å²) in [5.74, 6) is 0. The highest BCUT2D eigenvalue weighted by Gasteiger charge is 2.18. The lowest BCUT2D eigenvalue weighted by Gasteiger charge is -2.13. The van der Waals surface area contributed by atoms with Gasteiger partial charge in [-0.05, 0) is 119 Å². The highest BCUT2D eigenvalue weighted by Crippen LogP contribution is 2.38. The molecule has 0 unspecified atom stereocenters. The van der Waals surface area contributed by atoms with Gasteiger partial charge >= 0.3 is 0 Å². The molecule has 0 radical (unpaired) electrons. The Morgan fingerprint density at radius 3 is 1.02 bits per heavy atom. The van der Waals surface area contributed by atoms with E-state index in [-0.39, 0.29) is 0 Å². The summed E-state index contributed by atoms with van der Waals surface area (Å²) in [4.78, 5) is 27.5. The number of halogens is 1. The molecule has 0 saturated carbocycles. The average molecular weight is 863 g/mol. The second-order valence-electron chi connectivity index (χ2n) is 14.5. The first-order valence-electron chi connectivity index (χ1n) is 20.2. The summed E-state index contributed by atoms with van der Waals surface area (Å²) < 4.78 is 3.30. The first-order valence-corrected chi connectivity index (χ1v) is 21.0. The van der Waals surface area contributed by atoms with Crippen molar-refractivity contribution in [2.24, 2.45) is 0 Å². The van der Waals surface area contributed by atoms with Crippen LogP contribution in [0.4, 0.5) is 0 Å². The van der Waals surface area contributed by atoms with E-state index in [1.807, 2.05) is 84.9 Å². The number of hydrogen-bond acceptors (Lipinski definition) is 6. The van der Waals surface area contributed by atoms with E-state index < -0.39 is 0 Å². The summed E-state index contributed by atoms with van der Waals surface area (Å²) in [5.41, 5.74) is 14.6. The van der Waals surface area contributed by atoms with E-state index in [1.54, 1.807) is 24.8 Å². The molecule has 0 spiro atoms. The second-order valence-corrected chi connectivity index (χ2v) is 15.5. The number of aromatic nitrogens is 7. The van der Waals surface area contributed by atoms with E-state index in [0.29, 0.717) is 0 Å². The first kappa shape index (κ1) is 38.3. The molecule has 0 aliphatic heterocycles. The van der Waals surface area contributed by atoms with Crippen LogP contribution in [0.1, 0.15) is 0 Å². The van der Waals surface area contributed by atoms with Gasteiger partial charge in [-0.3, -0.25) is 19.9 Å². The van der Waals surface area contributed by atoms with Crippen LogP contribution in [0.5, 0.6) is 0 Å². The molecule has 294 valence electrons. The minimum atomic E-state index is 0.801. The Balaban J connectivity index is 0.000000201. The predicted octanol–water partition coefficient (Wildman–Crippen LogP) is 13.6. The third-order valence-electron chi connectivity index (χ3n) is 10.5. The van der Waals surface area contributed by atoms with E-state index >= 15 is 0 Å². The average Bonchev–Trinajstić information content (AvgIpc) is 3.68. The molecular weight excluding hydrogens is 827 g/mol. The number of fused-ring (bicyclic) bond motifs is 3. The molecule has 0 fully saturated rings. The lowest BCUT2D eigenvalue weighted by Crippen LogP contribution is -1.99. The van der Waals surface area contributed by atoms with E-state index in [4.69, 9.17) is 4.98 Å². The van der Waals surface area contributed by atoms with Gasteiger partial charge in [0, 0.05) is 40.0 Å². The minimum Gasteiger partial charge on any atom is -0.309 e. The van der Waals surface area contributed by atoms with Gasteiger partial charge in [0.1, 0.15) is 0 Å². The Morgan fingerprint density at radius 2 is 0.661 bits per heavy atom. The minimum absolute atomic E-state index is 0.801. The quantitative estimate of drug-likeness (QED) is 0.159. The van der Waals surface area contributed by atoms with Gasteiger partial charge in [0.15, 0.2) is 0 Å². The standard InChI is InChI=1S/C39H26N4.C15H10BrN3/c1-3-11-27(12-4-1)29-17-19-38-32(23-29)33-24-30(28-13-5-2-6-14-28)18-20-39(33)43(38)31-25-36(34-15-7-9-21-40-34)42-37(26-31)35-16-8-10-22-41-35;16-11-9-14(12-5-1-3-7-17-12)19-15(10-11)13-6-2-4-8-18-13/h1-26H;1-10H. The summed E-state index contributed by atoms with van der Waals surface area (Å²) in [6, 6.07) is 66.2. The molecule has 0 amide bonds. The third kappa shape index (κ3) is 8.02. The van der Waals surface area contributed by atoms with Crippen molar-refractivity contribution >= 4 is 37.7 Å². The third-order valence-corrected chi connectivity index (χ3v) is 11.0. The number of nitrogens with zero attached hydrogens (tertiary/aromatic N) is 7. The van der Waals surface area contributed by atoms with Gasteiger partial charge in [0.05, 0.1) is 62.3 Å². The maximum atomic E-state index is 5.01. The molecule has 7 heterocycles. The zero-order valence-electron chi connectivity index (χ0n) is 33.3.